The van der Waals surface area contributed by atoms with Crippen molar-refractivity contribution in [1.29, 1.82) is 0 Å². The lowest BCUT2D eigenvalue weighted by molar-refractivity contribution is 0.102. The number of hydrogen-bond donors (Lipinski definition) is 2. The Morgan fingerprint density at radius 1 is 1.17 bits per heavy atom. The van der Waals surface area contributed by atoms with Crippen LogP contribution < -0.4 is 10.6 Å². The van der Waals surface area contributed by atoms with Gasteiger partial charge in [0, 0.05) is 12.6 Å². The standard InChI is InChI=1S/C16H14FN5O2/c1-10-6-14(22-24-10)21-16(23)13-8-20-15(9-18-13)19-7-11-2-4-12(17)5-3-11/h2-6,8-9H,7H2,1H3,(H,19,20)(H,21,22,23). The zero-order chi connectivity index (χ0) is 16.9. The molecule has 2 heterocycles. The molecule has 3 rings (SSSR count). The number of aromatic nitrogens is 3. The first-order chi connectivity index (χ1) is 11.6. The quantitative estimate of drug-likeness (QED) is 0.748. The van der Waals surface area contributed by atoms with Crippen molar-refractivity contribution < 1.29 is 13.7 Å². The number of anilines is 2. The predicted octanol–water partition coefficient (Wildman–Crippen LogP) is 2.78. The van der Waals surface area contributed by atoms with Crippen molar-refractivity contribution in [1.82, 2.24) is 15.1 Å². The molecule has 1 aromatic carbocycles. The molecule has 2 aromatic heterocycles. The summed E-state index contributed by atoms with van der Waals surface area (Å²) in [5.74, 6) is 0.708. The van der Waals surface area contributed by atoms with Gasteiger partial charge in [0.2, 0.25) is 0 Å². The van der Waals surface area contributed by atoms with Crippen molar-refractivity contribution in [2.45, 2.75) is 13.5 Å². The topological polar surface area (TPSA) is 92.9 Å². The maximum atomic E-state index is 12.8. The molecule has 0 aliphatic carbocycles. The Labute approximate surface area is 136 Å². The molecule has 0 aliphatic rings. The van der Waals surface area contributed by atoms with Gasteiger partial charge in [-0.2, -0.15) is 0 Å². The average molecular weight is 327 g/mol. The summed E-state index contributed by atoms with van der Waals surface area (Å²) in [6, 6.07) is 7.74. The van der Waals surface area contributed by atoms with E-state index in [0.29, 0.717) is 23.9 Å². The first-order valence-electron chi connectivity index (χ1n) is 7.15. The van der Waals surface area contributed by atoms with E-state index in [0.717, 1.165) is 5.56 Å². The Morgan fingerprint density at radius 3 is 2.58 bits per heavy atom. The molecule has 2 N–H and O–H groups in total. The highest BCUT2D eigenvalue weighted by Gasteiger charge is 2.10. The lowest BCUT2D eigenvalue weighted by Crippen LogP contribution is -2.14. The highest BCUT2D eigenvalue weighted by Crippen LogP contribution is 2.10. The number of hydrogen-bond acceptors (Lipinski definition) is 6. The van der Waals surface area contributed by atoms with E-state index >= 15 is 0 Å². The predicted molar refractivity (Wildman–Crippen MR) is 85.0 cm³/mol. The Hall–Kier alpha value is -3.29. The van der Waals surface area contributed by atoms with Gasteiger partial charge in [-0.15, -0.1) is 0 Å². The monoisotopic (exact) mass is 327 g/mol. The molecule has 0 fully saturated rings. The fourth-order valence-electron chi connectivity index (χ4n) is 1.94. The maximum Gasteiger partial charge on any atom is 0.277 e. The van der Waals surface area contributed by atoms with Crippen LogP contribution in [0.3, 0.4) is 0 Å². The molecule has 0 bridgehead atoms. The summed E-state index contributed by atoms with van der Waals surface area (Å²) in [7, 11) is 0. The maximum absolute atomic E-state index is 12.8. The van der Waals surface area contributed by atoms with Crippen LogP contribution in [0.25, 0.3) is 0 Å². The van der Waals surface area contributed by atoms with Crippen LogP contribution >= 0.6 is 0 Å². The minimum absolute atomic E-state index is 0.156. The lowest BCUT2D eigenvalue weighted by atomic mass is 10.2. The number of benzene rings is 1. The molecule has 0 saturated carbocycles. The van der Waals surface area contributed by atoms with Gasteiger partial charge in [-0.25, -0.2) is 14.4 Å². The molecule has 0 unspecified atom stereocenters. The molecular weight excluding hydrogens is 313 g/mol. The van der Waals surface area contributed by atoms with Gasteiger partial charge in [0.1, 0.15) is 23.1 Å². The second kappa shape index (κ2) is 6.86. The van der Waals surface area contributed by atoms with Crippen molar-refractivity contribution in [3.63, 3.8) is 0 Å². The summed E-state index contributed by atoms with van der Waals surface area (Å²) < 4.78 is 17.7. The smallest absolute Gasteiger partial charge is 0.277 e. The third-order valence-corrected chi connectivity index (χ3v) is 3.14. The second-order valence-corrected chi connectivity index (χ2v) is 5.04. The van der Waals surface area contributed by atoms with Gasteiger partial charge in [0.15, 0.2) is 5.82 Å². The highest BCUT2D eigenvalue weighted by molar-refractivity contribution is 6.02. The van der Waals surface area contributed by atoms with Crippen molar-refractivity contribution in [3.05, 3.63) is 65.6 Å². The fourth-order valence-corrected chi connectivity index (χ4v) is 1.94. The van der Waals surface area contributed by atoms with Gasteiger partial charge >= 0.3 is 0 Å². The summed E-state index contributed by atoms with van der Waals surface area (Å²) >= 11 is 0. The molecule has 7 nitrogen and oxygen atoms in total. The van der Waals surface area contributed by atoms with Crippen LogP contribution in [0, 0.1) is 12.7 Å². The number of nitrogens with zero attached hydrogens (tertiary/aromatic N) is 3. The van der Waals surface area contributed by atoms with E-state index in [4.69, 9.17) is 4.52 Å². The van der Waals surface area contributed by atoms with Crippen molar-refractivity contribution >= 4 is 17.5 Å². The summed E-state index contributed by atoms with van der Waals surface area (Å²) in [6.45, 7) is 2.20. The van der Waals surface area contributed by atoms with E-state index in [1.807, 2.05) is 0 Å². The zero-order valence-corrected chi connectivity index (χ0v) is 12.8. The van der Waals surface area contributed by atoms with Gasteiger partial charge in [-0.05, 0) is 24.6 Å². The van der Waals surface area contributed by atoms with Crippen LogP contribution in [0.5, 0.6) is 0 Å². The molecule has 3 aromatic rings. The van der Waals surface area contributed by atoms with Gasteiger partial charge in [0.25, 0.3) is 5.91 Å². The minimum Gasteiger partial charge on any atom is -0.365 e. The summed E-state index contributed by atoms with van der Waals surface area (Å²) in [5.41, 5.74) is 1.06. The van der Waals surface area contributed by atoms with Crippen molar-refractivity contribution in [3.8, 4) is 0 Å². The molecule has 0 saturated heterocycles. The first-order valence-corrected chi connectivity index (χ1v) is 7.15. The first kappa shape index (κ1) is 15.6. The molecular formula is C16H14FN5O2. The number of aryl methyl sites for hydroxylation is 1. The molecule has 0 aliphatic heterocycles. The molecule has 0 atom stereocenters. The summed E-state index contributed by atoms with van der Waals surface area (Å²) in [6.07, 6.45) is 2.81. The van der Waals surface area contributed by atoms with Crippen LogP contribution in [-0.2, 0) is 6.54 Å². The Morgan fingerprint density at radius 2 is 1.96 bits per heavy atom. The third-order valence-electron chi connectivity index (χ3n) is 3.14. The Kier molecular flexibility index (Phi) is 4.46. The number of carbonyl (C=O) groups excluding carboxylic acids is 1. The van der Waals surface area contributed by atoms with Crippen LogP contribution in [-0.4, -0.2) is 21.0 Å². The minimum atomic E-state index is -0.430. The number of amides is 1. The SMILES string of the molecule is Cc1cc(NC(=O)c2cnc(NCc3ccc(F)cc3)cn2)no1. The van der Waals surface area contributed by atoms with E-state index in [-0.39, 0.29) is 11.5 Å². The zero-order valence-electron chi connectivity index (χ0n) is 12.8. The van der Waals surface area contributed by atoms with Gasteiger partial charge in [-0.3, -0.25) is 4.79 Å². The van der Waals surface area contributed by atoms with Crippen molar-refractivity contribution in [2.75, 3.05) is 10.6 Å². The second-order valence-electron chi connectivity index (χ2n) is 5.04. The van der Waals surface area contributed by atoms with Crippen LogP contribution in [0.4, 0.5) is 16.0 Å². The van der Waals surface area contributed by atoms with Crippen LogP contribution in [0.2, 0.25) is 0 Å². The molecule has 0 radical (unpaired) electrons. The van der Waals surface area contributed by atoms with Gasteiger partial charge in [-0.1, -0.05) is 17.3 Å². The fraction of sp³-hybridized carbons (Fsp3) is 0.125. The van der Waals surface area contributed by atoms with Crippen LogP contribution in [0.1, 0.15) is 21.8 Å². The molecule has 8 heteroatoms. The van der Waals surface area contributed by atoms with E-state index < -0.39 is 5.91 Å². The molecule has 24 heavy (non-hydrogen) atoms. The Bertz CT molecular complexity index is 830. The normalized spacial score (nSPS) is 10.4. The van der Waals surface area contributed by atoms with E-state index in [2.05, 4.69) is 25.8 Å². The molecule has 0 spiro atoms. The van der Waals surface area contributed by atoms with E-state index in [1.54, 1.807) is 25.1 Å². The van der Waals surface area contributed by atoms with E-state index in [1.165, 1.54) is 24.5 Å². The largest absolute Gasteiger partial charge is 0.365 e. The molecule has 122 valence electrons. The number of halogens is 1. The number of carbonyl (C=O) groups is 1. The summed E-state index contributed by atoms with van der Waals surface area (Å²) in [5, 5.41) is 9.28. The highest BCUT2D eigenvalue weighted by atomic mass is 19.1. The Balaban J connectivity index is 1.58. The summed E-state index contributed by atoms with van der Waals surface area (Å²) in [4.78, 5) is 20.2. The number of nitrogens with one attached hydrogen (secondary N) is 2. The van der Waals surface area contributed by atoms with Gasteiger partial charge in [0.05, 0.1) is 12.4 Å². The van der Waals surface area contributed by atoms with E-state index in [9.17, 15) is 9.18 Å². The van der Waals surface area contributed by atoms with Crippen LogP contribution in [0.15, 0.2) is 47.2 Å². The lowest BCUT2D eigenvalue weighted by Gasteiger charge is -2.06. The van der Waals surface area contributed by atoms with Gasteiger partial charge < -0.3 is 15.2 Å². The number of rotatable bonds is 5. The third kappa shape index (κ3) is 3.92. The van der Waals surface area contributed by atoms with Crippen molar-refractivity contribution in [2.24, 2.45) is 0 Å². The average Bonchev–Trinajstić information content (AvgIpc) is 2.99. The molecule has 1 amide bonds.